The molecule has 0 bridgehead atoms. The molecule has 0 aliphatic carbocycles. The summed E-state index contributed by atoms with van der Waals surface area (Å²) in [6, 6.07) is -1.73. The van der Waals surface area contributed by atoms with Crippen LogP contribution in [0.3, 0.4) is 0 Å². The van der Waals surface area contributed by atoms with Crippen molar-refractivity contribution in [2.45, 2.75) is 37.8 Å². The van der Waals surface area contributed by atoms with Crippen LogP contribution in [0.4, 0.5) is 0 Å². The minimum absolute atomic E-state index is 0.0292. The van der Waals surface area contributed by atoms with E-state index in [9.17, 15) is 19.2 Å². The number of hydrogen-bond donors (Lipinski definition) is 4. The topological polar surface area (TPSA) is 144 Å². The third-order valence-corrected chi connectivity index (χ3v) is 3.13. The molecule has 0 saturated carbocycles. The van der Waals surface area contributed by atoms with Crippen molar-refractivity contribution in [2.75, 3.05) is 0 Å². The largest absolute Gasteiger partial charge is 0.370 e. The van der Waals surface area contributed by atoms with E-state index < -0.39 is 29.8 Å². The summed E-state index contributed by atoms with van der Waals surface area (Å²) < 4.78 is 0. The molecule has 0 aliphatic heterocycles. The highest BCUT2D eigenvalue weighted by Gasteiger charge is 2.23. The van der Waals surface area contributed by atoms with Crippen molar-refractivity contribution >= 4 is 44.3 Å². The van der Waals surface area contributed by atoms with Gasteiger partial charge in [-0.1, -0.05) is 9.24 Å². The van der Waals surface area contributed by atoms with Crippen LogP contribution in [0.1, 0.15) is 25.7 Å². The first kappa shape index (κ1) is 18.8. The number of carbonyl (C=O) groups is 4. The third kappa shape index (κ3) is 8.04. The van der Waals surface area contributed by atoms with Crippen molar-refractivity contribution in [3.8, 4) is 0 Å². The van der Waals surface area contributed by atoms with E-state index in [2.05, 4.69) is 10.2 Å². The lowest BCUT2D eigenvalue weighted by molar-refractivity contribution is -0.127. The van der Waals surface area contributed by atoms with Gasteiger partial charge in [0.2, 0.25) is 17.7 Å². The van der Waals surface area contributed by atoms with Gasteiger partial charge < -0.3 is 16.8 Å². The smallest absolute Gasteiger partial charge is 0.239 e. The Bertz CT molecular complexity index is 393. The molecule has 114 valence electrons. The van der Waals surface area contributed by atoms with Crippen LogP contribution in [0.5, 0.6) is 0 Å². The summed E-state index contributed by atoms with van der Waals surface area (Å²) in [4.78, 5) is 46.8. The highest BCUT2D eigenvalue weighted by Crippen LogP contribution is 2.06. The van der Waals surface area contributed by atoms with Gasteiger partial charge >= 0.3 is 0 Å². The number of carbonyl (C=O) groups excluding carboxylic acids is 4. The highest BCUT2D eigenvalue weighted by atomic mass is 35.5. The summed E-state index contributed by atoms with van der Waals surface area (Å²) in [7, 11) is 1.93. The van der Waals surface area contributed by atoms with E-state index in [4.69, 9.17) is 23.2 Å². The highest BCUT2D eigenvalue weighted by molar-refractivity contribution is 7.40. The molecule has 3 amide bonds. The molecule has 0 heterocycles. The van der Waals surface area contributed by atoms with E-state index in [1.165, 1.54) is 0 Å². The zero-order chi connectivity index (χ0) is 15.7. The Kier molecular flexibility index (Phi) is 9.03. The molecule has 0 spiro atoms. The summed E-state index contributed by atoms with van der Waals surface area (Å²) in [5.41, 5.74) is 9.57. The molecule has 8 nitrogen and oxygen atoms in total. The second-order valence-corrected chi connectivity index (χ2v) is 4.92. The van der Waals surface area contributed by atoms with Gasteiger partial charge in [-0.15, -0.1) is 0 Å². The molecule has 0 aliphatic rings. The first-order valence-corrected chi connectivity index (χ1v) is 6.76. The number of halogens is 1. The molecular weight excluding hydrogens is 307 g/mol. The monoisotopic (exact) mass is 324 g/mol. The molecule has 3 atom stereocenters. The normalized spacial score (nSPS) is 13.3. The summed E-state index contributed by atoms with van der Waals surface area (Å²) in [5.74, 6) is -1.70. The Morgan fingerprint density at radius 2 is 1.45 bits per heavy atom. The lowest BCUT2D eigenvalue weighted by Crippen LogP contribution is -2.48. The molecular formula is C10H18ClN4O4P. The first-order chi connectivity index (χ1) is 9.27. The number of primary amides is 2. The van der Waals surface area contributed by atoms with Gasteiger partial charge in [-0.2, -0.15) is 0 Å². The Labute approximate surface area is 123 Å². The standard InChI is InChI=1S/C10H18ClN4O4P/c11-15-5(1-3-7(12)16)9(18)14-6(10(19)20)2-4-8(13)17/h5-6,15H,1-4,20H2,(H2,12,16)(H2,13,17)(H,14,18)/t5-,6-/m0/s1. The second kappa shape index (κ2) is 9.63. The van der Waals surface area contributed by atoms with Crippen LogP contribution in [-0.2, 0) is 19.2 Å². The van der Waals surface area contributed by atoms with Gasteiger partial charge in [-0.3, -0.25) is 19.2 Å². The minimum atomic E-state index is -0.871. The maximum Gasteiger partial charge on any atom is 0.239 e. The molecule has 20 heavy (non-hydrogen) atoms. The molecule has 0 radical (unpaired) electrons. The molecule has 0 rings (SSSR count). The van der Waals surface area contributed by atoms with E-state index in [1.54, 1.807) is 0 Å². The van der Waals surface area contributed by atoms with Crippen LogP contribution in [0.25, 0.3) is 0 Å². The maximum absolute atomic E-state index is 11.9. The predicted molar refractivity (Wildman–Crippen MR) is 76.3 cm³/mol. The molecule has 0 aromatic heterocycles. The van der Waals surface area contributed by atoms with Gasteiger partial charge in [0.25, 0.3) is 0 Å². The maximum atomic E-state index is 11.9. The summed E-state index contributed by atoms with van der Waals surface area (Å²) in [6.45, 7) is 0. The Morgan fingerprint density at radius 1 is 1.00 bits per heavy atom. The Hall–Kier alpha value is -1.24. The van der Waals surface area contributed by atoms with Gasteiger partial charge in [0.15, 0.2) is 5.52 Å². The summed E-state index contributed by atoms with van der Waals surface area (Å²) >= 11 is 5.41. The van der Waals surface area contributed by atoms with Crippen LogP contribution in [0.2, 0.25) is 0 Å². The van der Waals surface area contributed by atoms with Crippen molar-refractivity contribution in [1.29, 1.82) is 0 Å². The van der Waals surface area contributed by atoms with Crippen LogP contribution in [-0.4, -0.2) is 35.3 Å². The average Bonchev–Trinajstić information content (AvgIpc) is 2.34. The SMILES string of the molecule is NC(=O)CC[C@H](NC(=O)[C@H](CCC(N)=O)NCl)C(=O)P. The lowest BCUT2D eigenvalue weighted by Gasteiger charge is -2.19. The van der Waals surface area contributed by atoms with Gasteiger partial charge in [-0.25, -0.2) is 4.84 Å². The Balaban J connectivity index is 4.51. The summed E-state index contributed by atoms with van der Waals surface area (Å²) in [5, 5.41) is 2.43. The fourth-order valence-electron chi connectivity index (χ4n) is 1.37. The minimum Gasteiger partial charge on any atom is -0.370 e. The first-order valence-electron chi connectivity index (χ1n) is 5.80. The Morgan fingerprint density at radius 3 is 1.80 bits per heavy atom. The van der Waals surface area contributed by atoms with Gasteiger partial charge in [-0.05, 0) is 24.6 Å². The lowest BCUT2D eigenvalue weighted by atomic mass is 10.1. The summed E-state index contributed by atoms with van der Waals surface area (Å²) in [6.07, 6.45) is 0.121. The fraction of sp³-hybridized carbons (Fsp3) is 0.600. The molecule has 6 N–H and O–H groups in total. The number of amides is 3. The van der Waals surface area contributed by atoms with Crippen molar-refractivity contribution in [1.82, 2.24) is 10.2 Å². The molecule has 0 aromatic rings. The van der Waals surface area contributed by atoms with E-state index in [0.29, 0.717) is 0 Å². The predicted octanol–water partition coefficient (Wildman–Crippen LogP) is -1.48. The molecule has 0 aromatic carbocycles. The van der Waals surface area contributed by atoms with Crippen LogP contribution in [0.15, 0.2) is 0 Å². The third-order valence-electron chi connectivity index (χ3n) is 2.47. The zero-order valence-electron chi connectivity index (χ0n) is 10.7. The zero-order valence-corrected chi connectivity index (χ0v) is 12.6. The van der Waals surface area contributed by atoms with Crippen molar-refractivity contribution in [3.63, 3.8) is 0 Å². The van der Waals surface area contributed by atoms with E-state index in [1.807, 2.05) is 9.24 Å². The van der Waals surface area contributed by atoms with E-state index >= 15 is 0 Å². The van der Waals surface area contributed by atoms with Gasteiger partial charge in [0, 0.05) is 12.8 Å². The van der Waals surface area contributed by atoms with E-state index in [0.717, 1.165) is 0 Å². The molecule has 10 heteroatoms. The molecule has 1 unspecified atom stereocenters. The van der Waals surface area contributed by atoms with Crippen LogP contribution < -0.4 is 21.6 Å². The van der Waals surface area contributed by atoms with Crippen molar-refractivity contribution in [2.24, 2.45) is 11.5 Å². The number of nitrogens with two attached hydrogens (primary N) is 2. The number of nitrogens with one attached hydrogen (secondary N) is 2. The second-order valence-electron chi connectivity index (χ2n) is 4.14. The van der Waals surface area contributed by atoms with Crippen LogP contribution in [0, 0.1) is 0 Å². The number of hydrogen-bond acceptors (Lipinski definition) is 5. The van der Waals surface area contributed by atoms with Crippen molar-refractivity contribution < 1.29 is 19.2 Å². The molecule has 0 fully saturated rings. The quantitative estimate of drug-likeness (QED) is 0.286. The fourth-order valence-corrected chi connectivity index (χ4v) is 1.82. The van der Waals surface area contributed by atoms with Crippen LogP contribution >= 0.6 is 21.0 Å². The number of rotatable bonds is 10. The van der Waals surface area contributed by atoms with Gasteiger partial charge in [0.05, 0.1) is 6.04 Å². The average molecular weight is 325 g/mol. The van der Waals surface area contributed by atoms with Crippen molar-refractivity contribution in [3.05, 3.63) is 0 Å². The van der Waals surface area contributed by atoms with Gasteiger partial charge in [0.1, 0.15) is 6.04 Å². The molecule has 0 saturated heterocycles. The van der Waals surface area contributed by atoms with E-state index in [-0.39, 0.29) is 31.2 Å².